The van der Waals surface area contributed by atoms with Crippen LogP contribution in [0.15, 0.2) is 39.7 Å². The zero-order valence-corrected chi connectivity index (χ0v) is 13.3. The second-order valence-electron chi connectivity index (χ2n) is 5.75. The van der Waals surface area contributed by atoms with Gasteiger partial charge in [0.15, 0.2) is 5.96 Å². The Labute approximate surface area is 131 Å². The molecule has 2 heterocycles. The molecule has 118 valence electrons. The summed E-state index contributed by atoms with van der Waals surface area (Å²) in [5.74, 6) is 1.74. The molecule has 1 saturated heterocycles. The molecule has 5 nitrogen and oxygen atoms in total. The molecule has 1 aromatic heterocycles. The first-order valence-electron chi connectivity index (χ1n) is 7.94. The maximum atomic E-state index is 5.89. The molecule has 0 bridgehead atoms. The first kappa shape index (κ1) is 14.9. The highest BCUT2D eigenvalue weighted by Gasteiger charge is 2.14. The van der Waals surface area contributed by atoms with Crippen LogP contribution in [0.25, 0.3) is 11.0 Å². The molecule has 3 rings (SSSR count). The molecule has 0 radical (unpaired) electrons. The Balaban J connectivity index is 1.55. The minimum atomic E-state index is 0.0719. The van der Waals surface area contributed by atoms with E-state index in [4.69, 9.17) is 4.42 Å². The van der Waals surface area contributed by atoms with Crippen LogP contribution in [-0.2, 0) is 0 Å². The van der Waals surface area contributed by atoms with Crippen LogP contribution in [0, 0.1) is 0 Å². The van der Waals surface area contributed by atoms with Crippen molar-refractivity contribution in [3.63, 3.8) is 0 Å². The minimum absolute atomic E-state index is 0.0719. The van der Waals surface area contributed by atoms with Crippen LogP contribution in [0.4, 0.5) is 0 Å². The summed E-state index contributed by atoms with van der Waals surface area (Å²) in [6.07, 6.45) is 1.33. The van der Waals surface area contributed by atoms with E-state index in [0.717, 1.165) is 35.8 Å². The maximum Gasteiger partial charge on any atom is 0.191 e. The zero-order chi connectivity index (χ0) is 15.4. The predicted molar refractivity (Wildman–Crippen MR) is 90.2 cm³/mol. The van der Waals surface area contributed by atoms with Gasteiger partial charge in [-0.2, -0.15) is 0 Å². The molecule has 0 saturated carbocycles. The fraction of sp³-hybridized carbons (Fsp3) is 0.471. The Morgan fingerprint density at radius 1 is 1.36 bits per heavy atom. The van der Waals surface area contributed by atoms with E-state index >= 15 is 0 Å². The largest absolute Gasteiger partial charge is 0.459 e. The SMILES string of the molecule is CN=C(NCCN1CCC1)NC(C)c1cc2ccccc2o1. The van der Waals surface area contributed by atoms with E-state index in [9.17, 15) is 0 Å². The van der Waals surface area contributed by atoms with Crippen molar-refractivity contribution in [2.45, 2.75) is 19.4 Å². The normalized spacial score (nSPS) is 17.3. The third-order valence-corrected chi connectivity index (χ3v) is 4.12. The van der Waals surface area contributed by atoms with Crippen molar-refractivity contribution in [3.8, 4) is 0 Å². The van der Waals surface area contributed by atoms with Gasteiger partial charge in [-0.05, 0) is 38.6 Å². The number of hydrogen-bond donors (Lipinski definition) is 2. The lowest BCUT2D eigenvalue weighted by molar-refractivity contribution is 0.185. The molecule has 1 aliphatic heterocycles. The summed E-state index contributed by atoms with van der Waals surface area (Å²) in [7, 11) is 1.80. The van der Waals surface area contributed by atoms with Gasteiger partial charge in [0.2, 0.25) is 0 Å². The van der Waals surface area contributed by atoms with E-state index in [1.807, 2.05) is 18.2 Å². The Morgan fingerprint density at radius 2 is 2.18 bits per heavy atom. The summed E-state index contributed by atoms with van der Waals surface area (Å²) in [4.78, 5) is 6.72. The Bertz CT molecular complexity index is 612. The lowest BCUT2D eigenvalue weighted by Gasteiger charge is -2.30. The first-order chi connectivity index (χ1) is 10.8. The molecule has 0 spiro atoms. The average molecular weight is 300 g/mol. The molecule has 1 aliphatic rings. The molecule has 22 heavy (non-hydrogen) atoms. The number of likely N-dealkylation sites (tertiary alicyclic amines) is 1. The van der Waals surface area contributed by atoms with Crippen molar-refractivity contribution in [3.05, 3.63) is 36.1 Å². The van der Waals surface area contributed by atoms with Crippen molar-refractivity contribution in [1.82, 2.24) is 15.5 Å². The zero-order valence-electron chi connectivity index (χ0n) is 13.3. The fourth-order valence-electron chi connectivity index (χ4n) is 2.62. The number of fused-ring (bicyclic) bond motifs is 1. The summed E-state index contributed by atoms with van der Waals surface area (Å²) >= 11 is 0. The predicted octanol–water partition coefficient (Wildman–Crippen LogP) is 2.36. The van der Waals surface area contributed by atoms with Crippen molar-refractivity contribution in [2.75, 3.05) is 33.2 Å². The van der Waals surface area contributed by atoms with E-state index in [2.05, 4.69) is 39.6 Å². The number of furan rings is 1. The molecule has 1 fully saturated rings. The number of guanidine groups is 1. The monoisotopic (exact) mass is 300 g/mol. The van der Waals surface area contributed by atoms with Crippen LogP contribution >= 0.6 is 0 Å². The Kier molecular flexibility index (Phi) is 4.63. The molecule has 2 aromatic rings. The summed E-state index contributed by atoms with van der Waals surface area (Å²) in [5, 5.41) is 7.87. The number of nitrogens with zero attached hydrogens (tertiary/aromatic N) is 2. The van der Waals surface area contributed by atoms with Crippen LogP contribution in [0.1, 0.15) is 25.1 Å². The van der Waals surface area contributed by atoms with Gasteiger partial charge in [0.1, 0.15) is 11.3 Å². The molecule has 0 aliphatic carbocycles. The standard InChI is InChI=1S/C17H24N4O/c1-13(16-12-14-6-3-4-7-15(14)22-16)20-17(18-2)19-8-11-21-9-5-10-21/h3-4,6-7,12-13H,5,8-11H2,1-2H3,(H2,18,19,20). The first-order valence-corrected chi connectivity index (χ1v) is 7.94. The van der Waals surface area contributed by atoms with Gasteiger partial charge in [-0.15, -0.1) is 0 Å². The maximum absolute atomic E-state index is 5.89. The van der Waals surface area contributed by atoms with Gasteiger partial charge in [0, 0.05) is 25.5 Å². The van der Waals surface area contributed by atoms with Crippen LogP contribution in [0.5, 0.6) is 0 Å². The van der Waals surface area contributed by atoms with Gasteiger partial charge < -0.3 is 20.0 Å². The van der Waals surface area contributed by atoms with Gasteiger partial charge in [0.05, 0.1) is 6.04 Å². The van der Waals surface area contributed by atoms with E-state index in [-0.39, 0.29) is 6.04 Å². The second-order valence-corrected chi connectivity index (χ2v) is 5.75. The van der Waals surface area contributed by atoms with Crippen LogP contribution in [0.2, 0.25) is 0 Å². The molecule has 5 heteroatoms. The van der Waals surface area contributed by atoms with Gasteiger partial charge >= 0.3 is 0 Å². The van der Waals surface area contributed by atoms with E-state index in [1.54, 1.807) is 7.05 Å². The quantitative estimate of drug-likeness (QED) is 0.657. The summed E-state index contributed by atoms with van der Waals surface area (Å²) < 4.78 is 5.89. The van der Waals surface area contributed by atoms with Crippen molar-refractivity contribution < 1.29 is 4.42 Å². The molecule has 1 unspecified atom stereocenters. The molecule has 1 atom stereocenters. The van der Waals surface area contributed by atoms with E-state index in [1.165, 1.54) is 19.5 Å². The second kappa shape index (κ2) is 6.83. The number of rotatable bonds is 5. The lowest BCUT2D eigenvalue weighted by atomic mass is 10.2. The molecule has 0 amide bonds. The molecular formula is C17H24N4O. The smallest absolute Gasteiger partial charge is 0.191 e. The fourth-order valence-corrected chi connectivity index (χ4v) is 2.62. The number of benzene rings is 1. The summed E-state index contributed by atoms with van der Waals surface area (Å²) in [5.41, 5.74) is 0.923. The van der Waals surface area contributed by atoms with Crippen molar-refractivity contribution in [1.29, 1.82) is 0 Å². The van der Waals surface area contributed by atoms with Gasteiger partial charge in [-0.3, -0.25) is 4.99 Å². The number of para-hydroxylation sites is 1. The van der Waals surface area contributed by atoms with Crippen LogP contribution in [-0.4, -0.2) is 44.1 Å². The molecule has 1 aromatic carbocycles. The van der Waals surface area contributed by atoms with Gasteiger partial charge in [0.25, 0.3) is 0 Å². The van der Waals surface area contributed by atoms with Gasteiger partial charge in [-0.25, -0.2) is 0 Å². The summed E-state index contributed by atoms with van der Waals surface area (Å²) in [6, 6.07) is 10.2. The lowest BCUT2D eigenvalue weighted by Crippen LogP contribution is -2.45. The van der Waals surface area contributed by atoms with Crippen LogP contribution in [0.3, 0.4) is 0 Å². The van der Waals surface area contributed by atoms with Crippen molar-refractivity contribution >= 4 is 16.9 Å². The van der Waals surface area contributed by atoms with Gasteiger partial charge in [-0.1, -0.05) is 18.2 Å². The Hall–Kier alpha value is -2.01. The summed E-state index contributed by atoms with van der Waals surface area (Å²) in [6.45, 7) is 6.51. The highest BCUT2D eigenvalue weighted by atomic mass is 16.3. The van der Waals surface area contributed by atoms with E-state index < -0.39 is 0 Å². The van der Waals surface area contributed by atoms with Crippen LogP contribution < -0.4 is 10.6 Å². The topological polar surface area (TPSA) is 52.8 Å². The van der Waals surface area contributed by atoms with Crippen molar-refractivity contribution in [2.24, 2.45) is 4.99 Å². The number of hydrogen-bond acceptors (Lipinski definition) is 3. The third kappa shape index (κ3) is 3.42. The molecule has 2 N–H and O–H groups in total. The molecular weight excluding hydrogens is 276 g/mol. The highest BCUT2D eigenvalue weighted by Crippen LogP contribution is 2.23. The minimum Gasteiger partial charge on any atom is -0.459 e. The Morgan fingerprint density at radius 3 is 2.86 bits per heavy atom. The average Bonchev–Trinajstić information content (AvgIpc) is 2.92. The third-order valence-electron chi connectivity index (χ3n) is 4.12. The number of nitrogens with one attached hydrogen (secondary N) is 2. The van der Waals surface area contributed by atoms with E-state index in [0.29, 0.717) is 0 Å². The highest BCUT2D eigenvalue weighted by molar-refractivity contribution is 5.81. The number of aliphatic imine (C=N–C) groups is 1.